The first-order chi connectivity index (χ1) is 15.5. The van der Waals surface area contributed by atoms with Crippen LogP contribution in [-0.2, 0) is 9.59 Å². The van der Waals surface area contributed by atoms with Gasteiger partial charge in [-0.1, -0.05) is 23.9 Å². The Kier molecular flexibility index (Phi) is 6.37. The molecular weight excluding hydrogens is 426 g/mol. The average Bonchev–Trinajstić information content (AvgIpc) is 3.23. The fraction of sp³-hybridized carbons (Fsp3) is 0.130. The molecule has 3 N–H and O–H groups in total. The maximum absolute atomic E-state index is 12.4. The zero-order valence-corrected chi connectivity index (χ0v) is 18.3. The maximum Gasteiger partial charge on any atom is 0.234 e. The fourth-order valence-electron chi connectivity index (χ4n) is 3.19. The highest BCUT2D eigenvalue weighted by Gasteiger charge is 2.14. The molecule has 162 valence electrons. The molecule has 2 amide bonds. The second-order valence-electron chi connectivity index (χ2n) is 6.93. The maximum atomic E-state index is 12.4. The molecule has 0 aliphatic carbocycles. The number of aromatic amines is 1. The van der Waals surface area contributed by atoms with Gasteiger partial charge in [0.05, 0.1) is 18.4 Å². The number of anilines is 2. The van der Waals surface area contributed by atoms with E-state index in [9.17, 15) is 9.59 Å². The highest BCUT2D eigenvalue weighted by Crippen LogP contribution is 2.32. The van der Waals surface area contributed by atoms with Gasteiger partial charge in [-0.25, -0.2) is 9.97 Å². The van der Waals surface area contributed by atoms with E-state index in [0.717, 1.165) is 27.9 Å². The minimum atomic E-state index is -0.157. The monoisotopic (exact) mass is 447 g/mol. The molecule has 0 atom stereocenters. The normalized spacial score (nSPS) is 10.7. The van der Waals surface area contributed by atoms with Crippen molar-refractivity contribution in [2.24, 2.45) is 0 Å². The molecule has 2 aromatic carbocycles. The van der Waals surface area contributed by atoms with E-state index in [1.54, 1.807) is 31.4 Å². The fourth-order valence-corrected chi connectivity index (χ4v) is 3.95. The van der Waals surface area contributed by atoms with Gasteiger partial charge in [-0.3, -0.25) is 9.59 Å². The molecule has 4 aromatic rings. The molecule has 8 nitrogen and oxygen atoms in total. The lowest BCUT2D eigenvalue weighted by atomic mass is 10.1. The van der Waals surface area contributed by atoms with Crippen LogP contribution in [-0.4, -0.2) is 39.6 Å². The first kappa shape index (κ1) is 21.4. The SMILES string of the molecule is COc1ccc(-c2c[nH]c3c(SCC(=O)Nc4ccc(NC(C)=O)cc4)ncnc23)cc1. The van der Waals surface area contributed by atoms with Gasteiger partial charge in [-0.15, -0.1) is 0 Å². The van der Waals surface area contributed by atoms with Crippen molar-refractivity contribution < 1.29 is 14.3 Å². The highest BCUT2D eigenvalue weighted by molar-refractivity contribution is 8.00. The van der Waals surface area contributed by atoms with Gasteiger partial charge in [0.2, 0.25) is 11.8 Å². The number of carbonyl (C=O) groups excluding carboxylic acids is 2. The summed E-state index contributed by atoms with van der Waals surface area (Å²) >= 11 is 1.33. The summed E-state index contributed by atoms with van der Waals surface area (Å²) in [5.41, 5.74) is 4.87. The van der Waals surface area contributed by atoms with Gasteiger partial charge in [0, 0.05) is 30.1 Å². The number of aromatic nitrogens is 3. The molecule has 0 saturated heterocycles. The highest BCUT2D eigenvalue weighted by atomic mass is 32.2. The van der Waals surface area contributed by atoms with Crippen molar-refractivity contribution in [3.8, 4) is 16.9 Å². The van der Waals surface area contributed by atoms with Crippen LogP contribution in [0.1, 0.15) is 6.92 Å². The summed E-state index contributed by atoms with van der Waals surface area (Å²) in [6.07, 6.45) is 3.39. The molecule has 32 heavy (non-hydrogen) atoms. The number of rotatable bonds is 7. The van der Waals surface area contributed by atoms with Gasteiger partial charge >= 0.3 is 0 Å². The number of methoxy groups -OCH3 is 1. The van der Waals surface area contributed by atoms with E-state index in [-0.39, 0.29) is 17.6 Å². The van der Waals surface area contributed by atoms with Crippen molar-refractivity contribution >= 4 is 46.0 Å². The van der Waals surface area contributed by atoms with Crippen molar-refractivity contribution in [2.75, 3.05) is 23.5 Å². The van der Waals surface area contributed by atoms with Gasteiger partial charge in [0.1, 0.15) is 22.6 Å². The van der Waals surface area contributed by atoms with Crippen LogP contribution in [0.4, 0.5) is 11.4 Å². The van der Waals surface area contributed by atoms with Crippen LogP contribution in [0.25, 0.3) is 22.2 Å². The molecule has 0 bridgehead atoms. The summed E-state index contributed by atoms with van der Waals surface area (Å²) in [6.45, 7) is 1.45. The minimum Gasteiger partial charge on any atom is -0.497 e. The van der Waals surface area contributed by atoms with Gasteiger partial charge in [-0.2, -0.15) is 0 Å². The summed E-state index contributed by atoms with van der Waals surface area (Å²) in [4.78, 5) is 35.5. The Morgan fingerprint density at radius 3 is 2.34 bits per heavy atom. The lowest BCUT2D eigenvalue weighted by molar-refractivity contribution is -0.114. The Hall–Kier alpha value is -3.85. The minimum absolute atomic E-state index is 0.145. The topological polar surface area (TPSA) is 109 Å². The van der Waals surface area contributed by atoms with Crippen LogP contribution in [0.5, 0.6) is 5.75 Å². The summed E-state index contributed by atoms with van der Waals surface area (Å²) < 4.78 is 5.22. The van der Waals surface area contributed by atoms with Crippen LogP contribution in [0.15, 0.2) is 66.1 Å². The van der Waals surface area contributed by atoms with Crippen LogP contribution in [0.2, 0.25) is 0 Å². The summed E-state index contributed by atoms with van der Waals surface area (Å²) in [7, 11) is 1.63. The van der Waals surface area contributed by atoms with Crippen molar-refractivity contribution in [1.29, 1.82) is 0 Å². The quantitative estimate of drug-likeness (QED) is 0.288. The third-order valence-corrected chi connectivity index (χ3v) is 5.65. The Labute approximate surface area is 188 Å². The molecule has 0 aliphatic heterocycles. The number of thioether (sulfide) groups is 1. The Balaban J connectivity index is 1.43. The smallest absolute Gasteiger partial charge is 0.234 e. The molecule has 4 rings (SSSR count). The van der Waals surface area contributed by atoms with Crippen molar-refractivity contribution in [2.45, 2.75) is 11.9 Å². The van der Waals surface area contributed by atoms with Gasteiger partial charge in [0.15, 0.2) is 0 Å². The number of benzene rings is 2. The first-order valence-corrected chi connectivity index (χ1v) is 10.8. The van der Waals surface area contributed by atoms with Gasteiger partial charge < -0.3 is 20.4 Å². The van der Waals surface area contributed by atoms with Crippen LogP contribution >= 0.6 is 11.8 Å². The third kappa shape index (κ3) is 4.89. The van der Waals surface area contributed by atoms with Crippen molar-refractivity contribution in [3.05, 3.63) is 61.1 Å². The van der Waals surface area contributed by atoms with Gasteiger partial charge in [0.25, 0.3) is 0 Å². The average molecular weight is 448 g/mol. The molecule has 2 heterocycles. The van der Waals surface area contributed by atoms with Crippen LogP contribution < -0.4 is 15.4 Å². The van der Waals surface area contributed by atoms with Crippen LogP contribution in [0.3, 0.4) is 0 Å². The standard InChI is InChI=1S/C23H21N5O3S/c1-14(29)27-16-5-7-17(8-6-16)28-20(30)12-32-23-22-21(25-13-26-23)19(11-24-22)15-3-9-18(31-2)10-4-15/h3-11,13,24H,12H2,1-2H3,(H,27,29)(H,28,30). The molecule has 2 aromatic heterocycles. The summed E-state index contributed by atoms with van der Waals surface area (Å²) in [6, 6.07) is 14.7. The second kappa shape index (κ2) is 9.52. The summed E-state index contributed by atoms with van der Waals surface area (Å²) in [5, 5.41) is 6.23. The zero-order chi connectivity index (χ0) is 22.5. The number of hydrogen-bond donors (Lipinski definition) is 3. The predicted octanol–water partition coefficient (Wildman–Crippen LogP) is 4.32. The van der Waals surface area contributed by atoms with Crippen molar-refractivity contribution in [1.82, 2.24) is 15.0 Å². The number of fused-ring (bicyclic) bond motifs is 1. The Bertz CT molecular complexity index is 1250. The third-order valence-electron chi connectivity index (χ3n) is 4.66. The van der Waals surface area contributed by atoms with Crippen molar-refractivity contribution in [3.63, 3.8) is 0 Å². The van der Waals surface area contributed by atoms with E-state index in [1.165, 1.54) is 25.0 Å². The molecule has 9 heteroatoms. The molecule has 0 saturated carbocycles. The van der Waals surface area contributed by atoms with E-state index in [1.807, 2.05) is 30.5 Å². The lowest BCUT2D eigenvalue weighted by Crippen LogP contribution is -2.14. The predicted molar refractivity (Wildman–Crippen MR) is 126 cm³/mol. The summed E-state index contributed by atoms with van der Waals surface area (Å²) in [5.74, 6) is 0.677. The number of carbonyl (C=O) groups is 2. The number of amides is 2. The van der Waals surface area contributed by atoms with E-state index in [0.29, 0.717) is 16.4 Å². The number of hydrogen-bond acceptors (Lipinski definition) is 6. The van der Waals surface area contributed by atoms with E-state index in [4.69, 9.17) is 4.74 Å². The Morgan fingerprint density at radius 1 is 1.00 bits per heavy atom. The molecule has 0 aliphatic rings. The van der Waals surface area contributed by atoms with Crippen LogP contribution in [0, 0.1) is 0 Å². The second-order valence-corrected chi connectivity index (χ2v) is 7.89. The number of H-pyrrole nitrogens is 1. The molecule has 0 unspecified atom stereocenters. The molecule has 0 radical (unpaired) electrons. The Morgan fingerprint density at radius 2 is 1.69 bits per heavy atom. The number of ether oxygens (including phenoxy) is 1. The number of nitrogens with one attached hydrogen (secondary N) is 3. The molecule has 0 spiro atoms. The zero-order valence-electron chi connectivity index (χ0n) is 17.5. The van der Waals surface area contributed by atoms with E-state index < -0.39 is 0 Å². The lowest BCUT2D eigenvalue weighted by Gasteiger charge is -2.07. The largest absolute Gasteiger partial charge is 0.497 e. The van der Waals surface area contributed by atoms with E-state index >= 15 is 0 Å². The van der Waals surface area contributed by atoms with Gasteiger partial charge in [-0.05, 0) is 42.0 Å². The molecule has 0 fully saturated rings. The van der Waals surface area contributed by atoms with E-state index in [2.05, 4.69) is 25.6 Å². The number of nitrogens with zero attached hydrogens (tertiary/aromatic N) is 2. The first-order valence-electron chi connectivity index (χ1n) is 9.80. The molecular formula is C23H21N5O3S.